The van der Waals surface area contributed by atoms with Crippen molar-refractivity contribution in [3.05, 3.63) is 53.3 Å². The Balaban J connectivity index is 1.92. The highest BCUT2D eigenvalue weighted by Gasteiger charge is 2.25. The van der Waals surface area contributed by atoms with Crippen molar-refractivity contribution in [2.75, 3.05) is 20.6 Å². The van der Waals surface area contributed by atoms with Crippen LogP contribution in [0, 0.1) is 6.92 Å². The van der Waals surface area contributed by atoms with E-state index in [0.29, 0.717) is 24.2 Å². The lowest BCUT2D eigenvalue weighted by Crippen LogP contribution is -2.38. The second-order valence-corrected chi connectivity index (χ2v) is 8.31. The number of amides is 1. The number of benzene rings is 1. The van der Waals surface area contributed by atoms with E-state index in [1.165, 1.54) is 20.2 Å². The predicted molar refractivity (Wildman–Crippen MR) is 91.2 cm³/mol. The van der Waals surface area contributed by atoms with E-state index < -0.39 is 10.0 Å². The third-order valence-corrected chi connectivity index (χ3v) is 6.33. The van der Waals surface area contributed by atoms with Gasteiger partial charge in [0.15, 0.2) is 0 Å². The number of rotatable bonds is 3. The first-order chi connectivity index (χ1) is 11.3. The molecule has 7 heteroatoms. The Hall–Kier alpha value is -2.12. The van der Waals surface area contributed by atoms with Crippen LogP contribution in [0.5, 0.6) is 0 Å². The summed E-state index contributed by atoms with van der Waals surface area (Å²) >= 11 is 0. The fraction of sp³-hybridized carbons (Fsp3) is 0.353. The number of hydrogen-bond acceptors (Lipinski definition) is 3. The molecular formula is C17H21N3O3S. The van der Waals surface area contributed by atoms with Gasteiger partial charge in [-0.1, -0.05) is 6.07 Å². The average Bonchev–Trinajstić information content (AvgIpc) is 3.01. The van der Waals surface area contributed by atoms with Crippen LogP contribution in [0.2, 0.25) is 0 Å². The van der Waals surface area contributed by atoms with Gasteiger partial charge in [0.05, 0.1) is 11.4 Å². The molecule has 0 spiro atoms. The van der Waals surface area contributed by atoms with E-state index in [1.807, 2.05) is 18.3 Å². The van der Waals surface area contributed by atoms with Crippen LogP contribution in [0.1, 0.15) is 21.6 Å². The van der Waals surface area contributed by atoms with Gasteiger partial charge in [-0.2, -0.15) is 0 Å². The number of aryl methyl sites for hydroxylation is 1. The van der Waals surface area contributed by atoms with E-state index in [9.17, 15) is 13.2 Å². The Morgan fingerprint density at radius 2 is 1.92 bits per heavy atom. The number of hydrogen-bond donors (Lipinski definition) is 0. The monoisotopic (exact) mass is 347 g/mol. The highest BCUT2D eigenvalue weighted by atomic mass is 32.2. The van der Waals surface area contributed by atoms with Crippen LogP contribution >= 0.6 is 0 Å². The number of fused-ring (bicyclic) bond motifs is 1. The third-order valence-electron chi connectivity index (χ3n) is 4.37. The number of nitrogens with zero attached hydrogens (tertiary/aromatic N) is 3. The molecule has 0 saturated carbocycles. The second-order valence-electron chi connectivity index (χ2n) is 6.19. The summed E-state index contributed by atoms with van der Waals surface area (Å²) in [7, 11) is -0.599. The first kappa shape index (κ1) is 16.7. The molecule has 0 aliphatic carbocycles. The highest BCUT2D eigenvalue weighted by molar-refractivity contribution is 7.89. The third kappa shape index (κ3) is 2.85. The van der Waals surface area contributed by atoms with Gasteiger partial charge in [-0.15, -0.1) is 0 Å². The first-order valence-corrected chi connectivity index (χ1v) is 9.21. The lowest BCUT2D eigenvalue weighted by Gasteiger charge is -2.29. The van der Waals surface area contributed by atoms with Gasteiger partial charge in [0.25, 0.3) is 5.91 Å². The van der Waals surface area contributed by atoms with Gasteiger partial charge in [0.2, 0.25) is 10.0 Å². The lowest BCUT2D eigenvalue weighted by atomic mass is 10.1. The van der Waals surface area contributed by atoms with E-state index in [2.05, 4.69) is 4.57 Å². The minimum Gasteiger partial charge on any atom is -0.348 e. The van der Waals surface area contributed by atoms with Crippen LogP contribution in [0.15, 0.2) is 41.4 Å². The van der Waals surface area contributed by atoms with Crippen LogP contribution in [0.3, 0.4) is 0 Å². The molecule has 1 amide bonds. The number of carbonyl (C=O) groups excluding carboxylic acids is 1. The van der Waals surface area contributed by atoms with Gasteiger partial charge in [-0.3, -0.25) is 4.79 Å². The van der Waals surface area contributed by atoms with Gasteiger partial charge in [-0.25, -0.2) is 12.7 Å². The lowest BCUT2D eigenvalue weighted by molar-refractivity contribution is 0.0711. The Labute approximate surface area is 142 Å². The van der Waals surface area contributed by atoms with Gasteiger partial charge in [0.1, 0.15) is 0 Å². The van der Waals surface area contributed by atoms with Crippen molar-refractivity contribution in [2.45, 2.75) is 24.9 Å². The van der Waals surface area contributed by atoms with Crippen molar-refractivity contribution in [2.24, 2.45) is 0 Å². The molecule has 1 aromatic carbocycles. The maximum atomic E-state index is 12.8. The van der Waals surface area contributed by atoms with E-state index in [-0.39, 0.29) is 10.8 Å². The van der Waals surface area contributed by atoms with Crippen LogP contribution < -0.4 is 0 Å². The Morgan fingerprint density at radius 1 is 1.17 bits per heavy atom. The molecular weight excluding hydrogens is 326 g/mol. The molecule has 128 valence electrons. The first-order valence-electron chi connectivity index (χ1n) is 7.77. The quantitative estimate of drug-likeness (QED) is 0.849. The summed E-state index contributed by atoms with van der Waals surface area (Å²) in [5, 5.41) is 0. The molecule has 0 bridgehead atoms. The molecule has 1 aromatic heterocycles. The predicted octanol–water partition coefficient (Wildman–Crippen LogP) is 1.70. The molecule has 0 saturated heterocycles. The van der Waals surface area contributed by atoms with Gasteiger partial charge in [-0.05, 0) is 36.8 Å². The van der Waals surface area contributed by atoms with Crippen LogP contribution in [0.25, 0.3) is 0 Å². The van der Waals surface area contributed by atoms with Crippen LogP contribution in [0.4, 0.5) is 0 Å². The van der Waals surface area contributed by atoms with Crippen molar-refractivity contribution in [3.63, 3.8) is 0 Å². The van der Waals surface area contributed by atoms with Crippen molar-refractivity contribution < 1.29 is 13.2 Å². The van der Waals surface area contributed by atoms with Crippen molar-refractivity contribution in [3.8, 4) is 0 Å². The topological polar surface area (TPSA) is 62.6 Å². The zero-order chi connectivity index (χ0) is 17.5. The van der Waals surface area contributed by atoms with E-state index in [4.69, 9.17) is 0 Å². The Morgan fingerprint density at radius 3 is 2.62 bits per heavy atom. The minimum atomic E-state index is -3.58. The Bertz CT molecular complexity index is 884. The van der Waals surface area contributed by atoms with Gasteiger partial charge >= 0.3 is 0 Å². The fourth-order valence-electron chi connectivity index (χ4n) is 2.88. The maximum Gasteiger partial charge on any atom is 0.254 e. The average molecular weight is 347 g/mol. The molecule has 24 heavy (non-hydrogen) atoms. The Kier molecular flexibility index (Phi) is 4.23. The summed E-state index contributed by atoms with van der Waals surface area (Å²) in [6.45, 7) is 3.64. The number of sulfonamides is 1. The summed E-state index contributed by atoms with van der Waals surface area (Å²) in [6.07, 6.45) is 2.00. The molecule has 0 radical (unpaired) electrons. The molecule has 0 fully saturated rings. The molecule has 0 atom stereocenters. The molecule has 3 rings (SSSR count). The standard InChI is InChI=1S/C17H21N3O3S/c1-13-6-7-14(11-16(13)24(22,23)18(2)3)17(21)20-10-9-19-8-4-5-15(19)12-20/h4-8,11H,9-10,12H2,1-3H3. The highest BCUT2D eigenvalue weighted by Crippen LogP contribution is 2.22. The van der Waals surface area contributed by atoms with E-state index in [1.54, 1.807) is 24.0 Å². The molecule has 2 aromatic rings. The smallest absolute Gasteiger partial charge is 0.254 e. The molecule has 1 aliphatic rings. The molecule has 1 aliphatic heterocycles. The second kappa shape index (κ2) is 6.07. The number of aromatic nitrogens is 1. The molecule has 2 heterocycles. The molecule has 0 unspecified atom stereocenters. The van der Waals surface area contributed by atoms with Crippen LogP contribution in [-0.2, 0) is 23.1 Å². The summed E-state index contributed by atoms with van der Waals surface area (Å²) in [5.41, 5.74) is 2.12. The minimum absolute atomic E-state index is 0.141. The van der Waals surface area contributed by atoms with Crippen molar-refractivity contribution in [1.29, 1.82) is 0 Å². The number of carbonyl (C=O) groups is 1. The van der Waals surface area contributed by atoms with Crippen LogP contribution in [-0.4, -0.2) is 48.7 Å². The van der Waals surface area contributed by atoms with Gasteiger partial charge < -0.3 is 9.47 Å². The van der Waals surface area contributed by atoms with Crippen molar-refractivity contribution in [1.82, 2.24) is 13.8 Å². The van der Waals surface area contributed by atoms with E-state index in [0.717, 1.165) is 16.5 Å². The van der Waals surface area contributed by atoms with Gasteiger partial charge in [0, 0.05) is 44.6 Å². The maximum absolute atomic E-state index is 12.8. The molecule has 0 N–H and O–H groups in total. The summed E-state index contributed by atoms with van der Waals surface area (Å²) in [4.78, 5) is 14.7. The largest absolute Gasteiger partial charge is 0.348 e. The summed E-state index contributed by atoms with van der Waals surface area (Å²) in [5.74, 6) is -0.141. The van der Waals surface area contributed by atoms with Crippen molar-refractivity contribution >= 4 is 15.9 Å². The normalized spacial score (nSPS) is 14.8. The molecule has 6 nitrogen and oxygen atoms in total. The summed E-state index contributed by atoms with van der Waals surface area (Å²) in [6, 6.07) is 8.84. The fourth-order valence-corrected chi connectivity index (χ4v) is 4.02. The van der Waals surface area contributed by atoms with E-state index >= 15 is 0 Å². The zero-order valence-electron chi connectivity index (χ0n) is 14.1. The SMILES string of the molecule is Cc1ccc(C(=O)N2CCn3cccc3C2)cc1S(=O)(=O)N(C)C. The summed E-state index contributed by atoms with van der Waals surface area (Å²) < 4.78 is 28.2. The zero-order valence-corrected chi connectivity index (χ0v) is 14.9.